The second kappa shape index (κ2) is 6.07. The quantitative estimate of drug-likeness (QED) is 0.894. The molecule has 2 aromatic carbocycles. The molecule has 6 heteroatoms. The number of carboxylic acids is 1. The van der Waals surface area contributed by atoms with Gasteiger partial charge in [-0.05, 0) is 46.3 Å². The number of benzene rings is 2. The smallest absolute Gasteiger partial charge is 0.336 e. The van der Waals surface area contributed by atoms with Gasteiger partial charge in [0.05, 0.1) is 5.56 Å². The molecule has 2 aromatic rings. The minimum atomic E-state index is -1.06. The van der Waals surface area contributed by atoms with Crippen molar-refractivity contribution < 1.29 is 14.3 Å². The molecule has 0 radical (unpaired) electrons. The Morgan fingerprint density at radius 2 is 2.10 bits per heavy atom. The van der Waals surface area contributed by atoms with Crippen molar-refractivity contribution in [2.45, 2.75) is 9.79 Å². The Labute approximate surface area is 127 Å². The lowest BCUT2D eigenvalue weighted by Crippen LogP contribution is -1.97. The topological polar surface area (TPSA) is 61.1 Å². The van der Waals surface area contributed by atoms with E-state index in [1.54, 1.807) is 18.2 Å². The van der Waals surface area contributed by atoms with Crippen LogP contribution in [0.15, 0.2) is 50.7 Å². The maximum absolute atomic E-state index is 13.5. The largest absolute Gasteiger partial charge is 0.478 e. The van der Waals surface area contributed by atoms with Crippen molar-refractivity contribution in [2.24, 2.45) is 0 Å². The van der Waals surface area contributed by atoms with E-state index in [1.165, 1.54) is 18.2 Å². The second-order valence-corrected chi connectivity index (χ2v) is 5.74. The van der Waals surface area contributed by atoms with Crippen molar-refractivity contribution in [1.29, 1.82) is 5.26 Å². The van der Waals surface area contributed by atoms with E-state index in [0.717, 1.165) is 11.8 Å². The standard InChI is InChI=1S/C14H7BrFNO2S/c15-11-5-4-8(6-9(11)14(18)19)20-13-3-1-2-12(16)10(13)7-17/h1-6H,(H,18,19). The van der Waals surface area contributed by atoms with Crippen LogP contribution in [0.5, 0.6) is 0 Å². The minimum Gasteiger partial charge on any atom is -0.478 e. The minimum absolute atomic E-state index is 0.0442. The van der Waals surface area contributed by atoms with Crippen molar-refractivity contribution in [1.82, 2.24) is 0 Å². The van der Waals surface area contributed by atoms with Crippen molar-refractivity contribution >= 4 is 33.7 Å². The molecule has 3 nitrogen and oxygen atoms in total. The monoisotopic (exact) mass is 351 g/mol. The number of carboxylic acid groups (broad SMARTS) is 1. The Morgan fingerprint density at radius 1 is 1.35 bits per heavy atom. The maximum Gasteiger partial charge on any atom is 0.336 e. The number of aromatic carboxylic acids is 1. The molecule has 2 rings (SSSR count). The van der Waals surface area contributed by atoms with Gasteiger partial charge in [0.2, 0.25) is 0 Å². The lowest BCUT2D eigenvalue weighted by Gasteiger charge is -2.06. The molecule has 0 aliphatic rings. The average Bonchev–Trinajstić information content (AvgIpc) is 2.41. The number of carbonyl (C=O) groups is 1. The van der Waals surface area contributed by atoms with Crippen LogP contribution >= 0.6 is 27.7 Å². The van der Waals surface area contributed by atoms with Crippen LogP contribution in [0.25, 0.3) is 0 Å². The highest BCUT2D eigenvalue weighted by Crippen LogP contribution is 2.33. The highest BCUT2D eigenvalue weighted by molar-refractivity contribution is 9.10. The molecule has 0 spiro atoms. The third-order valence-electron chi connectivity index (χ3n) is 2.48. The zero-order chi connectivity index (χ0) is 14.7. The lowest BCUT2D eigenvalue weighted by molar-refractivity contribution is 0.0695. The predicted octanol–water partition coefficient (Wildman–Crippen LogP) is 4.31. The molecule has 0 saturated carbocycles. The Kier molecular flexibility index (Phi) is 4.42. The molecule has 0 fully saturated rings. The summed E-state index contributed by atoms with van der Waals surface area (Å²) in [5.74, 6) is -1.65. The van der Waals surface area contributed by atoms with Crippen LogP contribution in [-0.2, 0) is 0 Å². The molecule has 0 aromatic heterocycles. The summed E-state index contributed by atoms with van der Waals surface area (Å²) in [7, 11) is 0. The predicted molar refractivity (Wildman–Crippen MR) is 76.3 cm³/mol. The Bertz CT molecular complexity index is 728. The molecule has 0 aliphatic carbocycles. The summed E-state index contributed by atoms with van der Waals surface area (Å²) in [6.45, 7) is 0. The molecule has 100 valence electrons. The van der Waals surface area contributed by atoms with Crippen LogP contribution < -0.4 is 0 Å². The van der Waals surface area contributed by atoms with Crippen molar-refractivity contribution in [3.63, 3.8) is 0 Å². The third-order valence-corrected chi connectivity index (χ3v) is 4.22. The first-order valence-electron chi connectivity index (χ1n) is 5.42. The van der Waals surface area contributed by atoms with Gasteiger partial charge in [0.1, 0.15) is 17.4 Å². The van der Waals surface area contributed by atoms with Gasteiger partial charge >= 0.3 is 5.97 Å². The van der Waals surface area contributed by atoms with Crippen LogP contribution in [0.4, 0.5) is 4.39 Å². The number of rotatable bonds is 3. The molecule has 0 unspecified atom stereocenters. The lowest BCUT2D eigenvalue weighted by atomic mass is 10.2. The number of hydrogen-bond donors (Lipinski definition) is 1. The summed E-state index contributed by atoms with van der Waals surface area (Å²) in [6, 6.07) is 10.9. The normalized spacial score (nSPS) is 10.1. The van der Waals surface area contributed by atoms with E-state index in [2.05, 4.69) is 15.9 Å². The van der Waals surface area contributed by atoms with Crippen molar-refractivity contribution in [3.05, 3.63) is 57.8 Å². The number of hydrogen-bond acceptors (Lipinski definition) is 3. The van der Waals surface area contributed by atoms with E-state index in [4.69, 9.17) is 10.4 Å². The van der Waals surface area contributed by atoms with Crippen LogP contribution in [0.1, 0.15) is 15.9 Å². The summed E-state index contributed by atoms with van der Waals surface area (Å²) >= 11 is 4.30. The first-order valence-corrected chi connectivity index (χ1v) is 7.03. The summed E-state index contributed by atoms with van der Waals surface area (Å²) < 4.78 is 14.0. The SMILES string of the molecule is N#Cc1c(F)cccc1Sc1ccc(Br)c(C(=O)O)c1. The van der Waals surface area contributed by atoms with Crippen molar-refractivity contribution in [3.8, 4) is 6.07 Å². The van der Waals surface area contributed by atoms with Gasteiger partial charge in [0.25, 0.3) is 0 Å². The number of nitriles is 1. The first kappa shape index (κ1) is 14.6. The fourth-order valence-corrected chi connectivity index (χ4v) is 2.93. The zero-order valence-electron chi connectivity index (χ0n) is 9.93. The Morgan fingerprint density at radius 3 is 2.75 bits per heavy atom. The van der Waals surface area contributed by atoms with E-state index in [9.17, 15) is 9.18 Å². The zero-order valence-corrected chi connectivity index (χ0v) is 12.3. The first-order chi connectivity index (χ1) is 9.52. The van der Waals surface area contributed by atoms with Crippen LogP contribution in [0.2, 0.25) is 0 Å². The molecular formula is C14H7BrFNO2S. The van der Waals surface area contributed by atoms with Gasteiger partial charge in [-0.15, -0.1) is 0 Å². The molecule has 0 saturated heterocycles. The third kappa shape index (κ3) is 3.00. The van der Waals surface area contributed by atoms with Gasteiger partial charge in [0.15, 0.2) is 0 Å². The van der Waals surface area contributed by atoms with Crippen LogP contribution in [0.3, 0.4) is 0 Å². The van der Waals surface area contributed by atoms with Gasteiger partial charge < -0.3 is 5.11 Å². The molecule has 0 heterocycles. The molecule has 0 atom stereocenters. The fourth-order valence-electron chi connectivity index (χ4n) is 1.56. The van der Waals surface area contributed by atoms with Crippen LogP contribution in [-0.4, -0.2) is 11.1 Å². The van der Waals surface area contributed by atoms with Gasteiger partial charge in [-0.25, -0.2) is 9.18 Å². The van der Waals surface area contributed by atoms with E-state index < -0.39 is 11.8 Å². The number of halogens is 2. The highest BCUT2D eigenvalue weighted by Gasteiger charge is 2.12. The summed E-state index contributed by atoms with van der Waals surface area (Å²) in [5.41, 5.74) is 0.0715. The summed E-state index contributed by atoms with van der Waals surface area (Å²) in [4.78, 5) is 12.1. The van der Waals surface area contributed by atoms with Crippen LogP contribution in [0, 0.1) is 17.1 Å². The average molecular weight is 352 g/mol. The van der Waals surface area contributed by atoms with Gasteiger partial charge in [-0.2, -0.15) is 5.26 Å². The van der Waals surface area contributed by atoms with Gasteiger partial charge in [-0.1, -0.05) is 17.8 Å². The maximum atomic E-state index is 13.5. The molecular weight excluding hydrogens is 345 g/mol. The molecule has 1 N–H and O–H groups in total. The Hall–Kier alpha value is -1.84. The molecule has 0 aliphatic heterocycles. The summed E-state index contributed by atoms with van der Waals surface area (Å²) in [6.07, 6.45) is 0. The van der Waals surface area contributed by atoms with E-state index in [-0.39, 0.29) is 11.1 Å². The van der Waals surface area contributed by atoms with Gasteiger partial charge in [0, 0.05) is 14.3 Å². The second-order valence-electron chi connectivity index (χ2n) is 3.77. The van der Waals surface area contributed by atoms with E-state index in [1.807, 2.05) is 6.07 Å². The fraction of sp³-hybridized carbons (Fsp3) is 0. The Balaban J connectivity index is 2.41. The molecule has 0 amide bonds. The van der Waals surface area contributed by atoms with E-state index in [0.29, 0.717) is 14.3 Å². The number of nitrogens with zero attached hydrogens (tertiary/aromatic N) is 1. The van der Waals surface area contributed by atoms with E-state index >= 15 is 0 Å². The van der Waals surface area contributed by atoms with Crippen molar-refractivity contribution in [2.75, 3.05) is 0 Å². The summed E-state index contributed by atoms with van der Waals surface area (Å²) in [5, 5.41) is 18.0. The molecule has 20 heavy (non-hydrogen) atoms. The molecule has 0 bridgehead atoms. The highest BCUT2D eigenvalue weighted by atomic mass is 79.9. The van der Waals surface area contributed by atoms with Gasteiger partial charge in [-0.3, -0.25) is 0 Å².